The van der Waals surface area contributed by atoms with E-state index in [2.05, 4.69) is 0 Å². The number of rotatable bonds is 2. The van der Waals surface area contributed by atoms with E-state index in [9.17, 15) is 4.79 Å². The van der Waals surface area contributed by atoms with Crippen molar-refractivity contribution in [3.8, 4) is 0 Å². The van der Waals surface area contributed by atoms with Gasteiger partial charge in [-0.25, -0.2) is 0 Å². The van der Waals surface area contributed by atoms with Crippen LogP contribution >= 0.6 is 34.5 Å². The molecule has 0 N–H and O–H groups in total. The van der Waals surface area contributed by atoms with Crippen molar-refractivity contribution < 1.29 is 4.79 Å². The highest BCUT2D eigenvalue weighted by Crippen LogP contribution is 2.36. The van der Waals surface area contributed by atoms with Gasteiger partial charge in [0.25, 0.3) is 0 Å². The molecule has 1 heterocycles. The van der Waals surface area contributed by atoms with Gasteiger partial charge in [0.1, 0.15) is 5.78 Å². The minimum absolute atomic E-state index is 0.120. The Morgan fingerprint density at radius 2 is 2.13 bits per heavy atom. The monoisotopic (exact) mass is 258 g/mol. The lowest BCUT2D eigenvalue weighted by atomic mass is 10.2. The molecule has 0 aliphatic carbocycles. The van der Waals surface area contributed by atoms with Crippen molar-refractivity contribution >= 4 is 50.4 Å². The van der Waals surface area contributed by atoms with Gasteiger partial charge >= 0.3 is 0 Å². The number of Topliss-reactive ketones (excluding diaryl/α,β-unsaturated/α-hetero) is 1. The van der Waals surface area contributed by atoms with Crippen LogP contribution in [0.25, 0.3) is 10.1 Å². The standard InChI is InChI=1S/C11H8Cl2OS/c1-6(14)4-10-11(13)8-5-7(12)2-3-9(8)15-10/h2-3,5H,4H2,1H3. The molecule has 0 saturated heterocycles. The topological polar surface area (TPSA) is 17.1 Å². The number of benzene rings is 1. The molecule has 0 bridgehead atoms. The molecule has 0 unspecified atom stereocenters. The maximum Gasteiger partial charge on any atom is 0.135 e. The zero-order valence-corrected chi connectivity index (χ0v) is 10.3. The van der Waals surface area contributed by atoms with Gasteiger partial charge in [-0.1, -0.05) is 23.2 Å². The molecule has 0 aliphatic rings. The summed E-state index contributed by atoms with van der Waals surface area (Å²) in [6.07, 6.45) is 0.399. The largest absolute Gasteiger partial charge is 0.300 e. The summed E-state index contributed by atoms with van der Waals surface area (Å²) < 4.78 is 1.07. The van der Waals surface area contributed by atoms with Gasteiger partial charge in [0, 0.05) is 26.4 Å². The number of halogens is 2. The molecule has 0 amide bonds. The molecule has 0 spiro atoms. The number of ketones is 1. The Labute approximate surface area is 102 Å². The summed E-state index contributed by atoms with van der Waals surface area (Å²) in [5, 5.41) is 2.26. The molecule has 4 heteroatoms. The Morgan fingerprint density at radius 3 is 2.80 bits per heavy atom. The Hall–Kier alpha value is -0.570. The number of carbonyl (C=O) groups is 1. The molecular formula is C11H8Cl2OS. The highest BCUT2D eigenvalue weighted by atomic mass is 35.5. The van der Waals surface area contributed by atoms with Gasteiger partial charge < -0.3 is 0 Å². The van der Waals surface area contributed by atoms with Crippen LogP contribution in [-0.2, 0) is 11.2 Å². The number of hydrogen-bond acceptors (Lipinski definition) is 2. The van der Waals surface area contributed by atoms with Crippen LogP contribution in [0.3, 0.4) is 0 Å². The van der Waals surface area contributed by atoms with E-state index < -0.39 is 0 Å². The summed E-state index contributed by atoms with van der Waals surface area (Å²) in [5.41, 5.74) is 0. The third-order valence-electron chi connectivity index (χ3n) is 2.07. The third-order valence-corrected chi connectivity index (χ3v) is 4.02. The Morgan fingerprint density at radius 1 is 1.40 bits per heavy atom. The molecule has 0 saturated carbocycles. The molecule has 1 aromatic carbocycles. The summed E-state index contributed by atoms with van der Waals surface area (Å²) in [5.74, 6) is 0.120. The fourth-order valence-electron chi connectivity index (χ4n) is 1.43. The zero-order chi connectivity index (χ0) is 11.0. The first-order chi connectivity index (χ1) is 7.08. The van der Waals surface area contributed by atoms with Crippen molar-refractivity contribution in [3.05, 3.63) is 33.1 Å². The molecule has 0 fully saturated rings. The lowest BCUT2D eigenvalue weighted by Crippen LogP contribution is -1.93. The SMILES string of the molecule is CC(=O)Cc1sc2ccc(Cl)cc2c1Cl. The summed E-state index contributed by atoms with van der Waals surface area (Å²) >= 11 is 13.6. The highest BCUT2D eigenvalue weighted by Gasteiger charge is 2.11. The highest BCUT2D eigenvalue weighted by molar-refractivity contribution is 7.19. The number of carbonyl (C=O) groups excluding carboxylic acids is 1. The van der Waals surface area contributed by atoms with E-state index in [1.165, 1.54) is 0 Å². The van der Waals surface area contributed by atoms with Crippen molar-refractivity contribution in [2.45, 2.75) is 13.3 Å². The van der Waals surface area contributed by atoms with Crippen LogP contribution < -0.4 is 0 Å². The van der Waals surface area contributed by atoms with Gasteiger partial charge in [0.15, 0.2) is 0 Å². The van der Waals surface area contributed by atoms with Crippen LogP contribution in [0.1, 0.15) is 11.8 Å². The fraction of sp³-hybridized carbons (Fsp3) is 0.182. The molecule has 0 atom stereocenters. The van der Waals surface area contributed by atoms with Crippen LogP contribution in [0.5, 0.6) is 0 Å². The van der Waals surface area contributed by atoms with E-state index in [0.717, 1.165) is 15.0 Å². The van der Waals surface area contributed by atoms with Crippen molar-refractivity contribution in [1.82, 2.24) is 0 Å². The average Bonchev–Trinajstić information content (AvgIpc) is 2.44. The minimum atomic E-state index is 0.120. The molecule has 0 radical (unpaired) electrons. The second kappa shape index (κ2) is 4.12. The van der Waals surface area contributed by atoms with Crippen LogP contribution in [0.15, 0.2) is 18.2 Å². The normalized spacial score (nSPS) is 10.9. The summed E-state index contributed by atoms with van der Waals surface area (Å²) in [6, 6.07) is 5.59. The van der Waals surface area contributed by atoms with Crippen LogP contribution in [-0.4, -0.2) is 5.78 Å². The first-order valence-electron chi connectivity index (χ1n) is 4.44. The molecule has 1 aromatic heterocycles. The molecular weight excluding hydrogens is 251 g/mol. The van der Waals surface area contributed by atoms with Crippen LogP contribution in [0.2, 0.25) is 10.0 Å². The molecule has 0 aliphatic heterocycles. The fourth-order valence-corrected chi connectivity index (χ4v) is 3.14. The van der Waals surface area contributed by atoms with E-state index in [1.54, 1.807) is 18.3 Å². The van der Waals surface area contributed by atoms with Gasteiger partial charge in [0.2, 0.25) is 0 Å². The summed E-state index contributed by atoms with van der Waals surface area (Å²) in [4.78, 5) is 11.9. The molecule has 2 aromatic rings. The Bertz CT molecular complexity index is 531. The zero-order valence-electron chi connectivity index (χ0n) is 8.01. The van der Waals surface area contributed by atoms with Crippen molar-refractivity contribution in [3.63, 3.8) is 0 Å². The molecule has 78 valence electrons. The van der Waals surface area contributed by atoms with E-state index in [1.807, 2.05) is 18.2 Å². The first kappa shape index (κ1) is 10.9. The lowest BCUT2D eigenvalue weighted by molar-refractivity contribution is -0.116. The molecule has 1 nitrogen and oxygen atoms in total. The number of fused-ring (bicyclic) bond motifs is 1. The smallest absolute Gasteiger partial charge is 0.135 e. The van der Waals surface area contributed by atoms with Crippen molar-refractivity contribution in [1.29, 1.82) is 0 Å². The van der Waals surface area contributed by atoms with Crippen LogP contribution in [0, 0.1) is 0 Å². The number of hydrogen-bond donors (Lipinski definition) is 0. The molecule has 15 heavy (non-hydrogen) atoms. The van der Waals surface area contributed by atoms with E-state index in [4.69, 9.17) is 23.2 Å². The number of thiophene rings is 1. The second-order valence-corrected chi connectivity index (χ2v) is 5.31. The maximum absolute atomic E-state index is 11.0. The molecule has 2 rings (SSSR count). The Balaban J connectivity index is 2.59. The van der Waals surface area contributed by atoms with Crippen molar-refractivity contribution in [2.24, 2.45) is 0 Å². The van der Waals surface area contributed by atoms with Gasteiger partial charge in [-0.2, -0.15) is 0 Å². The van der Waals surface area contributed by atoms with Crippen LogP contribution in [0.4, 0.5) is 0 Å². The predicted octanol–water partition coefficient (Wildman–Crippen LogP) is 4.34. The third kappa shape index (κ3) is 2.17. The summed E-state index contributed by atoms with van der Waals surface area (Å²) in [7, 11) is 0. The van der Waals surface area contributed by atoms with E-state index in [-0.39, 0.29) is 5.78 Å². The first-order valence-corrected chi connectivity index (χ1v) is 6.01. The second-order valence-electron chi connectivity index (χ2n) is 3.36. The maximum atomic E-state index is 11.0. The van der Waals surface area contributed by atoms with Gasteiger partial charge in [0.05, 0.1) is 5.02 Å². The van der Waals surface area contributed by atoms with E-state index in [0.29, 0.717) is 16.5 Å². The minimum Gasteiger partial charge on any atom is -0.300 e. The quantitative estimate of drug-likeness (QED) is 0.784. The van der Waals surface area contributed by atoms with Gasteiger partial charge in [-0.15, -0.1) is 11.3 Å². The Kier molecular flexibility index (Phi) is 3.01. The van der Waals surface area contributed by atoms with E-state index >= 15 is 0 Å². The van der Waals surface area contributed by atoms with Gasteiger partial charge in [-0.05, 0) is 25.1 Å². The average molecular weight is 259 g/mol. The van der Waals surface area contributed by atoms with Crippen molar-refractivity contribution in [2.75, 3.05) is 0 Å². The lowest BCUT2D eigenvalue weighted by Gasteiger charge is -1.93. The summed E-state index contributed by atoms with van der Waals surface area (Å²) in [6.45, 7) is 1.56. The predicted molar refractivity (Wildman–Crippen MR) is 66.2 cm³/mol. The van der Waals surface area contributed by atoms with Gasteiger partial charge in [-0.3, -0.25) is 4.79 Å².